The highest BCUT2D eigenvalue weighted by molar-refractivity contribution is 6.33. The second-order valence-electron chi connectivity index (χ2n) is 10.6. The van der Waals surface area contributed by atoms with E-state index in [1.54, 1.807) is 29.2 Å². The van der Waals surface area contributed by atoms with Gasteiger partial charge in [0.15, 0.2) is 0 Å². The summed E-state index contributed by atoms with van der Waals surface area (Å²) in [5.74, 6) is 1.82. The maximum Gasteiger partial charge on any atom is 0.321 e. The van der Waals surface area contributed by atoms with E-state index >= 15 is 0 Å². The van der Waals surface area contributed by atoms with E-state index in [4.69, 9.17) is 11.6 Å². The van der Waals surface area contributed by atoms with Gasteiger partial charge in [0.2, 0.25) is 5.91 Å². The summed E-state index contributed by atoms with van der Waals surface area (Å²) >= 11 is 6.17. The maximum absolute atomic E-state index is 12.8. The van der Waals surface area contributed by atoms with Crippen molar-refractivity contribution in [2.24, 2.45) is 17.8 Å². The lowest BCUT2D eigenvalue weighted by Gasteiger charge is -2.56. The van der Waals surface area contributed by atoms with Crippen LogP contribution in [0.1, 0.15) is 55.8 Å². The standard InChI is InChI=1S/C25H33ClN4O3/c1-16(29-6-8-30(9-7-29)23(32)20-4-2-3-5-21(20)26)22(31)27-24(33)28-25-13-17-10-18(14-25)12-19(11-17)15-25/h2-5,16-19H,6-15H2,1H3,(H2,27,28,31,33). The number of piperazine rings is 1. The van der Waals surface area contributed by atoms with Crippen LogP contribution in [0.25, 0.3) is 0 Å². The second kappa shape index (κ2) is 8.91. The van der Waals surface area contributed by atoms with Crippen LogP contribution in [-0.2, 0) is 4.79 Å². The molecule has 1 atom stereocenters. The molecule has 1 aliphatic heterocycles. The fraction of sp³-hybridized carbons (Fsp3) is 0.640. The van der Waals surface area contributed by atoms with Crippen LogP contribution < -0.4 is 10.6 Å². The number of urea groups is 1. The van der Waals surface area contributed by atoms with E-state index in [0.717, 1.165) is 37.0 Å². The van der Waals surface area contributed by atoms with Gasteiger partial charge in [0.1, 0.15) is 0 Å². The molecule has 2 N–H and O–H groups in total. The predicted octanol–water partition coefficient (Wildman–Crippen LogP) is 3.28. The molecular weight excluding hydrogens is 440 g/mol. The highest BCUT2D eigenvalue weighted by Gasteiger charge is 2.51. The fourth-order valence-corrected chi connectivity index (χ4v) is 7.25. The Kier molecular flexibility index (Phi) is 6.12. The lowest BCUT2D eigenvalue weighted by molar-refractivity contribution is -0.125. The first kappa shape index (κ1) is 22.7. The number of amides is 4. The van der Waals surface area contributed by atoms with Crippen molar-refractivity contribution in [1.29, 1.82) is 0 Å². The van der Waals surface area contributed by atoms with E-state index in [0.29, 0.717) is 36.8 Å². The zero-order valence-electron chi connectivity index (χ0n) is 19.2. The molecule has 0 aromatic heterocycles. The average molecular weight is 473 g/mol. The summed E-state index contributed by atoms with van der Waals surface area (Å²) < 4.78 is 0. The molecule has 33 heavy (non-hydrogen) atoms. The third-order valence-electron chi connectivity index (χ3n) is 8.29. The summed E-state index contributed by atoms with van der Waals surface area (Å²) in [7, 11) is 0. The molecule has 0 radical (unpaired) electrons. The molecule has 1 saturated heterocycles. The van der Waals surface area contributed by atoms with E-state index in [2.05, 4.69) is 10.6 Å². The molecule has 6 rings (SSSR count). The van der Waals surface area contributed by atoms with Gasteiger partial charge in [0.25, 0.3) is 5.91 Å². The van der Waals surface area contributed by atoms with Crippen molar-refractivity contribution >= 4 is 29.4 Å². The third kappa shape index (κ3) is 4.62. The van der Waals surface area contributed by atoms with Crippen molar-refractivity contribution in [2.45, 2.75) is 57.0 Å². The topological polar surface area (TPSA) is 81.8 Å². The van der Waals surface area contributed by atoms with Gasteiger partial charge in [-0.2, -0.15) is 0 Å². The van der Waals surface area contributed by atoms with Gasteiger partial charge in [0, 0.05) is 31.7 Å². The van der Waals surface area contributed by atoms with Crippen LogP contribution in [0.3, 0.4) is 0 Å². The summed E-state index contributed by atoms with van der Waals surface area (Å²) in [5, 5.41) is 6.24. The first-order valence-corrected chi connectivity index (χ1v) is 12.6. The van der Waals surface area contributed by atoms with Crippen molar-refractivity contribution < 1.29 is 14.4 Å². The minimum absolute atomic E-state index is 0.0905. The van der Waals surface area contributed by atoms with Gasteiger partial charge in [-0.05, 0) is 75.3 Å². The Balaban J connectivity index is 1.11. The van der Waals surface area contributed by atoms with E-state index in [9.17, 15) is 14.4 Å². The summed E-state index contributed by atoms with van der Waals surface area (Å²) in [6, 6.07) is 6.25. The number of carbonyl (C=O) groups is 3. The van der Waals surface area contributed by atoms with Gasteiger partial charge < -0.3 is 10.2 Å². The SMILES string of the molecule is CC(C(=O)NC(=O)NC12CC3CC(CC(C3)C1)C2)N1CCN(C(=O)c2ccccc2Cl)CC1. The highest BCUT2D eigenvalue weighted by atomic mass is 35.5. The molecule has 1 unspecified atom stereocenters. The quantitative estimate of drug-likeness (QED) is 0.704. The number of halogens is 1. The van der Waals surface area contributed by atoms with Crippen molar-refractivity contribution in [2.75, 3.05) is 26.2 Å². The van der Waals surface area contributed by atoms with Crippen LogP contribution >= 0.6 is 11.6 Å². The monoisotopic (exact) mass is 472 g/mol. The van der Waals surface area contributed by atoms with Gasteiger partial charge >= 0.3 is 6.03 Å². The van der Waals surface area contributed by atoms with Crippen LogP contribution in [0.4, 0.5) is 4.79 Å². The fourth-order valence-electron chi connectivity index (χ4n) is 7.04. The van der Waals surface area contributed by atoms with Crippen molar-refractivity contribution in [3.05, 3.63) is 34.9 Å². The number of nitrogens with one attached hydrogen (secondary N) is 2. The van der Waals surface area contributed by atoms with E-state index in [1.165, 1.54) is 19.3 Å². The van der Waals surface area contributed by atoms with Gasteiger partial charge in [0.05, 0.1) is 16.6 Å². The van der Waals surface area contributed by atoms with E-state index in [-0.39, 0.29) is 23.4 Å². The lowest BCUT2D eigenvalue weighted by atomic mass is 9.53. The number of hydrogen-bond donors (Lipinski definition) is 2. The largest absolute Gasteiger partial charge is 0.336 e. The summed E-state index contributed by atoms with van der Waals surface area (Å²) in [6.45, 7) is 3.99. The Morgan fingerprint density at radius 2 is 1.55 bits per heavy atom. The zero-order chi connectivity index (χ0) is 23.2. The molecule has 7 nitrogen and oxygen atoms in total. The molecule has 4 bridgehead atoms. The number of rotatable bonds is 4. The third-order valence-corrected chi connectivity index (χ3v) is 8.62. The molecule has 4 aliphatic carbocycles. The molecule has 5 fully saturated rings. The molecule has 5 aliphatic rings. The number of benzene rings is 1. The first-order valence-electron chi connectivity index (χ1n) is 12.2. The van der Waals surface area contributed by atoms with Gasteiger partial charge in [-0.1, -0.05) is 23.7 Å². The number of hydrogen-bond acceptors (Lipinski definition) is 4. The van der Waals surface area contributed by atoms with Crippen molar-refractivity contribution in [1.82, 2.24) is 20.4 Å². The summed E-state index contributed by atoms with van der Waals surface area (Å²) in [6.07, 6.45) is 7.09. The van der Waals surface area contributed by atoms with E-state index in [1.807, 2.05) is 11.8 Å². The van der Waals surface area contributed by atoms with Crippen LogP contribution in [-0.4, -0.2) is 65.4 Å². The molecule has 1 heterocycles. The highest BCUT2D eigenvalue weighted by Crippen LogP contribution is 2.55. The van der Waals surface area contributed by atoms with Crippen LogP contribution in [0, 0.1) is 17.8 Å². The Bertz CT molecular complexity index is 908. The maximum atomic E-state index is 12.8. The molecule has 4 saturated carbocycles. The van der Waals surface area contributed by atoms with Crippen LogP contribution in [0.15, 0.2) is 24.3 Å². The van der Waals surface area contributed by atoms with Crippen LogP contribution in [0.5, 0.6) is 0 Å². The number of nitrogens with zero attached hydrogens (tertiary/aromatic N) is 2. The Labute approximate surface area is 200 Å². The van der Waals surface area contributed by atoms with Gasteiger partial charge in [-0.25, -0.2) is 4.79 Å². The molecular formula is C25H33ClN4O3. The van der Waals surface area contributed by atoms with Crippen molar-refractivity contribution in [3.8, 4) is 0 Å². The Morgan fingerprint density at radius 3 is 2.12 bits per heavy atom. The summed E-state index contributed by atoms with van der Waals surface area (Å²) in [4.78, 5) is 42.1. The van der Waals surface area contributed by atoms with Gasteiger partial charge in [-0.3, -0.25) is 19.8 Å². The molecule has 1 aromatic rings. The molecule has 1 aromatic carbocycles. The Morgan fingerprint density at radius 1 is 0.970 bits per heavy atom. The van der Waals surface area contributed by atoms with Crippen LogP contribution in [0.2, 0.25) is 5.02 Å². The zero-order valence-corrected chi connectivity index (χ0v) is 19.9. The number of carbonyl (C=O) groups excluding carboxylic acids is 3. The van der Waals surface area contributed by atoms with Crippen molar-refractivity contribution in [3.63, 3.8) is 0 Å². The minimum atomic E-state index is -0.440. The Hall–Kier alpha value is -2.12. The molecule has 4 amide bonds. The lowest BCUT2D eigenvalue weighted by Crippen LogP contribution is -2.63. The molecule has 0 spiro atoms. The number of imide groups is 1. The van der Waals surface area contributed by atoms with Gasteiger partial charge in [-0.15, -0.1) is 0 Å². The normalized spacial score (nSPS) is 31.8. The summed E-state index contributed by atoms with van der Waals surface area (Å²) in [5.41, 5.74) is 0.382. The smallest absolute Gasteiger partial charge is 0.321 e. The first-order chi connectivity index (χ1) is 15.8. The minimum Gasteiger partial charge on any atom is -0.336 e. The average Bonchev–Trinajstić information content (AvgIpc) is 2.77. The molecule has 178 valence electrons. The second-order valence-corrected chi connectivity index (χ2v) is 11.0. The molecule has 8 heteroatoms. The predicted molar refractivity (Wildman–Crippen MR) is 126 cm³/mol. The van der Waals surface area contributed by atoms with E-state index < -0.39 is 6.04 Å².